The van der Waals surface area contributed by atoms with Crippen LogP contribution in [0, 0.1) is 5.92 Å². The van der Waals surface area contributed by atoms with E-state index in [1.54, 1.807) is 19.1 Å². The molecule has 0 unspecified atom stereocenters. The van der Waals surface area contributed by atoms with E-state index < -0.39 is 11.1 Å². The SMILES string of the molecule is COCCN1CC[C@@H](CN(C)C(=O)Cc2cc(=O)[nH][nH]c2=O)C1. The van der Waals surface area contributed by atoms with E-state index in [2.05, 4.69) is 15.1 Å². The normalized spacial score (nSPS) is 18.3. The lowest BCUT2D eigenvalue weighted by atomic mass is 10.1. The number of amides is 1. The molecule has 1 aliphatic rings. The highest BCUT2D eigenvalue weighted by Gasteiger charge is 2.24. The minimum Gasteiger partial charge on any atom is -0.383 e. The van der Waals surface area contributed by atoms with E-state index in [0.717, 1.165) is 26.1 Å². The number of nitrogens with zero attached hydrogens (tertiary/aromatic N) is 2. The van der Waals surface area contributed by atoms with Crippen LogP contribution in [-0.2, 0) is 16.0 Å². The average Bonchev–Trinajstić information content (AvgIpc) is 2.96. The van der Waals surface area contributed by atoms with Crippen molar-refractivity contribution in [1.82, 2.24) is 20.0 Å². The fraction of sp³-hybridized carbons (Fsp3) is 0.667. The number of rotatable bonds is 7. The van der Waals surface area contributed by atoms with Crippen molar-refractivity contribution in [3.8, 4) is 0 Å². The van der Waals surface area contributed by atoms with Gasteiger partial charge in [-0.3, -0.25) is 24.6 Å². The Hall–Kier alpha value is -1.93. The summed E-state index contributed by atoms with van der Waals surface area (Å²) in [6, 6.07) is 1.17. The van der Waals surface area contributed by atoms with E-state index in [-0.39, 0.29) is 17.9 Å². The van der Waals surface area contributed by atoms with Crippen molar-refractivity contribution < 1.29 is 9.53 Å². The van der Waals surface area contributed by atoms with Crippen LogP contribution in [0.3, 0.4) is 0 Å². The Balaban J connectivity index is 1.85. The monoisotopic (exact) mass is 324 g/mol. The van der Waals surface area contributed by atoms with E-state index >= 15 is 0 Å². The second-order valence-corrected chi connectivity index (χ2v) is 6.01. The molecule has 0 saturated carbocycles. The second kappa shape index (κ2) is 8.07. The molecule has 2 heterocycles. The third kappa shape index (κ3) is 5.04. The van der Waals surface area contributed by atoms with Gasteiger partial charge in [-0.05, 0) is 18.9 Å². The first-order chi connectivity index (χ1) is 11.0. The summed E-state index contributed by atoms with van der Waals surface area (Å²) in [5.41, 5.74) is -0.656. The average molecular weight is 324 g/mol. The van der Waals surface area contributed by atoms with E-state index in [1.165, 1.54) is 6.07 Å². The summed E-state index contributed by atoms with van der Waals surface area (Å²) in [7, 11) is 3.43. The minimum atomic E-state index is -0.432. The molecule has 1 aliphatic heterocycles. The van der Waals surface area contributed by atoms with Crippen molar-refractivity contribution >= 4 is 5.91 Å². The quantitative estimate of drug-likeness (QED) is 0.673. The van der Waals surface area contributed by atoms with Crippen LogP contribution in [0.15, 0.2) is 15.7 Å². The lowest BCUT2D eigenvalue weighted by molar-refractivity contribution is -0.129. The van der Waals surface area contributed by atoms with Gasteiger partial charge < -0.3 is 14.5 Å². The maximum atomic E-state index is 12.2. The van der Waals surface area contributed by atoms with Crippen molar-refractivity contribution in [3.05, 3.63) is 32.3 Å². The molecule has 0 radical (unpaired) electrons. The molecule has 0 bridgehead atoms. The summed E-state index contributed by atoms with van der Waals surface area (Å²) < 4.78 is 5.08. The number of H-pyrrole nitrogens is 2. The Morgan fingerprint density at radius 2 is 2.22 bits per heavy atom. The first-order valence-corrected chi connectivity index (χ1v) is 7.75. The Morgan fingerprint density at radius 1 is 1.43 bits per heavy atom. The molecule has 1 aromatic rings. The first kappa shape index (κ1) is 17.4. The van der Waals surface area contributed by atoms with Gasteiger partial charge in [0.05, 0.1) is 13.0 Å². The smallest absolute Gasteiger partial charge is 0.266 e. The fourth-order valence-corrected chi connectivity index (χ4v) is 2.86. The lowest BCUT2D eigenvalue weighted by Crippen LogP contribution is -2.36. The molecule has 1 aromatic heterocycles. The molecule has 23 heavy (non-hydrogen) atoms. The predicted molar refractivity (Wildman–Crippen MR) is 85.4 cm³/mol. The molecule has 0 aromatic carbocycles. The zero-order valence-corrected chi connectivity index (χ0v) is 13.6. The van der Waals surface area contributed by atoms with E-state index in [1.807, 2.05) is 0 Å². The predicted octanol–water partition coefficient (Wildman–Crippen LogP) is -0.968. The summed E-state index contributed by atoms with van der Waals surface area (Å²) in [4.78, 5) is 39.0. The summed E-state index contributed by atoms with van der Waals surface area (Å²) in [5, 5.41) is 4.42. The van der Waals surface area contributed by atoms with Crippen molar-refractivity contribution in [2.75, 3.05) is 46.9 Å². The molecule has 8 heteroatoms. The highest BCUT2D eigenvalue weighted by atomic mass is 16.5. The molecule has 8 nitrogen and oxygen atoms in total. The van der Waals surface area contributed by atoms with Crippen LogP contribution >= 0.6 is 0 Å². The highest BCUT2D eigenvalue weighted by Crippen LogP contribution is 2.16. The third-order valence-corrected chi connectivity index (χ3v) is 4.18. The molecule has 1 amide bonds. The number of methoxy groups -OCH3 is 1. The third-order valence-electron chi connectivity index (χ3n) is 4.18. The van der Waals surface area contributed by atoms with Crippen LogP contribution < -0.4 is 11.1 Å². The Bertz CT molecular complexity index is 639. The molecule has 128 valence electrons. The number of hydrogen-bond acceptors (Lipinski definition) is 5. The Morgan fingerprint density at radius 3 is 2.96 bits per heavy atom. The van der Waals surface area contributed by atoms with Crippen molar-refractivity contribution in [1.29, 1.82) is 0 Å². The first-order valence-electron chi connectivity index (χ1n) is 7.75. The lowest BCUT2D eigenvalue weighted by Gasteiger charge is -2.21. The minimum absolute atomic E-state index is 0.0597. The van der Waals surface area contributed by atoms with Crippen LogP contribution in [-0.4, -0.2) is 72.8 Å². The largest absolute Gasteiger partial charge is 0.383 e. The van der Waals surface area contributed by atoms with Gasteiger partial charge >= 0.3 is 0 Å². The van der Waals surface area contributed by atoms with Crippen LogP contribution in [0.1, 0.15) is 12.0 Å². The summed E-state index contributed by atoms with van der Waals surface area (Å²) >= 11 is 0. The zero-order chi connectivity index (χ0) is 16.8. The van der Waals surface area contributed by atoms with Crippen LogP contribution in [0.25, 0.3) is 0 Å². The summed E-state index contributed by atoms with van der Waals surface area (Å²) in [5.74, 6) is 0.273. The van der Waals surface area contributed by atoms with Crippen LogP contribution in [0.5, 0.6) is 0 Å². The number of hydrogen-bond donors (Lipinski definition) is 2. The number of ether oxygens (including phenoxy) is 1. The number of likely N-dealkylation sites (N-methyl/N-ethyl adjacent to an activating group) is 1. The van der Waals surface area contributed by atoms with Gasteiger partial charge in [-0.25, -0.2) is 0 Å². The van der Waals surface area contributed by atoms with Crippen LogP contribution in [0.4, 0.5) is 0 Å². The van der Waals surface area contributed by atoms with Gasteiger partial charge in [0.2, 0.25) is 5.91 Å². The maximum Gasteiger partial charge on any atom is 0.266 e. The molecule has 1 saturated heterocycles. The maximum absolute atomic E-state index is 12.2. The molecular weight excluding hydrogens is 300 g/mol. The van der Waals surface area contributed by atoms with E-state index in [4.69, 9.17) is 4.74 Å². The number of carbonyl (C=O) groups excluding carboxylic acids is 1. The van der Waals surface area contributed by atoms with Gasteiger partial charge in [0.1, 0.15) is 0 Å². The standard InChI is InChI=1S/C15H24N4O4/c1-18(9-11-3-4-19(10-11)5-6-23-2)14(21)8-12-7-13(20)16-17-15(12)22/h7,11H,3-6,8-10H2,1-2H3,(H,16,20)(H,17,22)/t11-/m0/s1. The number of nitrogens with one attached hydrogen (secondary N) is 2. The van der Waals surface area contributed by atoms with Gasteiger partial charge in [0, 0.05) is 45.4 Å². The molecule has 0 spiro atoms. The van der Waals surface area contributed by atoms with Gasteiger partial charge in [-0.2, -0.15) is 0 Å². The van der Waals surface area contributed by atoms with Gasteiger partial charge in [0.25, 0.3) is 11.1 Å². The Kier molecular flexibility index (Phi) is 6.12. The molecule has 1 atom stereocenters. The summed E-state index contributed by atoms with van der Waals surface area (Å²) in [6.07, 6.45) is 0.989. The molecule has 0 aliphatic carbocycles. The number of aromatic nitrogens is 2. The van der Waals surface area contributed by atoms with Crippen molar-refractivity contribution in [3.63, 3.8) is 0 Å². The summed E-state index contributed by atoms with van der Waals surface area (Å²) in [6.45, 7) is 4.25. The number of aromatic amines is 2. The molecule has 2 N–H and O–H groups in total. The van der Waals surface area contributed by atoms with Gasteiger partial charge in [0.15, 0.2) is 0 Å². The van der Waals surface area contributed by atoms with E-state index in [9.17, 15) is 14.4 Å². The fourth-order valence-electron chi connectivity index (χ4n) is 2.86. The van der Waals surface area contributed by atoms with E-state index in [0.29, 0.717) is 19.1 Å². The molecule has 2 rings (SSSR count). The van der Waals surface area contributed by atoms with Crippen molar-refractivity contribution in [2.45, 2.75) is 12.8 Å². The van der Waals surface area contributed by atoms with Crippen LogP contribution in [0.2, 0.25) is 0 Å². The number of likely N-dealkylation sites (tertiary alicyclic amines) is 1. The Labute approximate surface area is 134 Å². The zero-order valence-electron chi connectivity index (χ0n) is 13.6. The second-order valence-electron chi connectivity index (χ2n) is 6.01. The van der Waals surface area contributed by atoms with Crippen molar-refractivity contribution in [2.24, 2.45) is 5.92 Å². The number of carbonyl (C=O) groups is 1. The topological polar surface area (TPSA) is 98.5 Å². The molecule has 1 fully saturated rings. The molecular formula is C15H24N4O4. The van der Waals surface area contributed by atoms with Gasteiger partial charge in [-0.15, -0.1) is 0 Å². The highest BCUT2D eigenvalue weighted by molar-refractivity contribution is 5.78. The van der Waals surface area contributed by atoms with Gasteiger partial charge in [-0.1, -0.05) is 0 Å².